The number of nitrogens with zero attached hydrogens (tertiary/aromatic N) is 2. The maximum Gasteiger partial charge on any atom is 0.132 e. The van der Waals surface area contributed by atoms with E-state index in [0.717, 1.165) is 24.8 Å². The first kappa shape index (κ1) is 12.1. The van der Waals surface area contributed by atoms with Gasteiger partial charge in [-0.2, -0.15) is 0 Å². The Morgan fingerprint density at radius 3 is 2.61 bits per heavy atom. The lowest BCUT2D eigenvalue weighted by atomic mass is 9.80. The Hall–Kier alpha value is -0.960. The average Bonchev–Trinajstić information content (AvgIpc) is 2.88. The van der Waals surface area contributed by atoms with E-state index in [9.17, 15) is 0 Å². The van der Waals surface area contributed by atoms with E-state index < -0.39 is 0 Å². The van der Waals surface area contributed by atoms with Crippen LogP contribution in [-0.4, -0.2) is 9.97 Å². The summed E-state index contributed by atoms with van der Waals surface area (Å²) in [5.41, 5.74) is 3.77. The first-order chi connectivity index (χ1) is 8.78. The number of fused-ring (bicyclic) bond motifs is 1. The van der Waals surface area contributed by atoms with Gasteiger partial charge in [0.1, 0.15) is 5.82 Å². The van der Waals surface area contributed by atoms with Crippen LogP contribution in [0.15, 0.2) is 0 Å². The average molecular weight is 245 g/mol. The SMILES string of the molecule is CCC1CCC(c2nc(C)c3c(n2)CNC3)CC1. The van der Waals surface area contributed by atoms with Gasteiger partial charge < -0.3 is 5.32 Å². The van der Waals surface area contributed by atoms with E-state index in [1.165, 1.54) is 49.1 Å². The molecule has 1 aliphatic heterocycles. The minimum Gasteiger partial charge on any atom is -0.307 e. The minimum absolute atomic E-state index is 0.609. The highest BCUT2D eigenvalue weighted by atomic mass is 15.0. The standard InChI is InChI=1S/C15H23N3/c1-3-11-4-6-12(7-5-11)15-17-10(2)13-8-16-9-14(13)18-15/h11-12,16H,3-9H2,1-2H3. The van der Waals surface area contributed by atoms with E-state index >= 15 is 0 Å². The molecule has 1 saturated carbocycles. The van der Waals surface area contributed by atoms with E-state index in [-0.39, 0.29) is 0 Å². The summed E-state index contributed by atoms with van der Waals surface area (Å²) in [6, 6.07) is 0. The van der Waals surface area contributed by atoms with Gasteiger partial charge in [0, 0.05) is 30.3 Å². The van der Waals surface area contributed by atoms with Crippen LogP contribution in [0.4, 0.5) is 0 Å². The molecule has 0 unspecified atom stereocenters. The van der Waals surface area contributed by atoms with Gasteiger partial charge in [0.15, 0.2) is 0 Å². The topological polar surface area (TPSA) is 37.8 Å². The second-order valence-electron chi connectivity index (χ2n) is 5.82. The smallest absolute Gasteiger partial charge is 0.132 e. The minimum atomic E-state index is 0.609. The van der Waals surface area contributed by atoms with Crippen LogP contribution >= 0.6 is 0 Å². The quantitative estimate of drug-likeness (QED) is 0.870. The van der Waals surface area contributed by atoms with Gasteiger partial charge in [-0.3, -0.25) is 0 Å². The molecule has 1 N–H and O–H groups in total. The van der Waals surface area contributed by atoms with Crippen molar-refractivity contribution < 1.29 is 0 Å². The number of hydrogen-bond acceptors (Lipinski definition) is 3. The van der Waals surface area contributed by atoms with Gasteiger partial charge in [0.25, 0.3) is 0 Å². The lowest BCUT2D eigenvalue weighted by Crippen LogP contribution is -2.16. The largest absolute Gasteiger partial charge is 0.307 e. The molecule has 1 fully saturated rings. The fraction of sp³-hybridized carbons (Fsp3) is 0.733. The summed E-state index contributed by atoms with van der Waals surface area (Å²) in [7, 11) is 0. The van der Waals surface area contributed by atoms with Crippen molar-refractivity contribution in [2.45, 2.75) is 65.0 Å². The Morgan fingerprint density at radius 1 is 1.11 bits per heavy atom. The van der Waals surface area contributed by atoms with Crippen molar-refractivity contribution in [3.63, 3.8) is 0 Å². The van der Waals surface area contributed by atoms with E-state index in [4.69, 9.17) is 9.97 Å². The van der Waals surface area contributed by atoms with Crippen molar-refractivity contribution in [1.29, 1.82) is 0 Å². The molecule has 0 aromatic carbocycles. The third-order valence-corrected chi connectivity index (χ3v) is 4.70. The molecular formula is C15H23N3. The summed E-state index contributed by atoms with van der Waals surface area (Å²) in [5.74, 6) is 2.67. The summed E-state index contributed by atoms with van der Waals surface area (Å²) < 4.78 is 0. The van der Waals surface area contributed by atoms with Crippen molar-refractivity contribution in [2.75, 3.05) is 0 Å². The summed E-state index contributed by atoms with van der Waals surface area (Å²) in [6.07, 6.45) is 6.62. The zero-order valence-corrected chi connectivity index (χ0v) is 11.5. The molecule has 3 rings (SSSR count). The summed E-state index contributed by atoms with van der Waals surface area (Å²) in [5, 5.41) is 3.37. The first-order valence-electron chi connectivity index (χ1n) is 7.35. The second kappa shape index (κ2) is 4.96. The highest BCUT2D eigenvalue weighted by molar-refractivity contribution is 5.29. The van der Waals surface area contributed by atoms with Crippen LogP contribution in [0.1, 0.15) is 67.7 Å². The van der Waals surface area contributed by atoms with Gasteiger partial charge in [-0.15, -0.1) is 0 Å². The van der Waals surface area contributed by atoms with E-state index in [0.29, 0.717) is 5.92 Å². The molecule has 1 aromatic rings. The van der Waals surface area contributed by atoms with Crippen LogP contribution in [0.25, 0.3) is 0 Å². The molecule has 98 valence electrons. The highest BCUT2D eigenvalue weighted by Crippen LogP contribution is 2.36. The fourth-order valence-electron chi connectivity index (χ4n) is 3.37. The van der Waals surface area contributed by atoms with Crippen molar-refractivity contribution in [2.24, 2.45) is 5.92 Å². The molecule has 2 heterocycles. The van der Waals surface area contributed by atoms with Gasteiger partial charge in [0.2, 0.25) is 0 Å². The summed E-state index contributed by atoms with van der Waals surface area (Å²) in [6.45, 7) is 6.32. The van der Waals surface area contributed by atoms with Crippen LogP contribution in [0.3, 0.4) is 0 Å². The van der Waals surface area contributed by atoms with Crippen molar-refractivity contribution >= 4 is 0 Å². The number of nitrogens with one attached hydrogen (secondary N) is 1. The van der Waals surface area contributed by atoms with Crippen molar-refractivity contribution in [3.05, 3.63) is 22.8 Å². The second-order valence-corrected chi connectivity index (χ2v) is 5.82. The van der Waals surface area contributed by atoms with E-state index in [1.807, 2.05) is 0 Å². The molecule has 3 nitrogen and oxygen atoms in total. The Bertz CT molecular complexity index is 434. The molecule has 0 spiro atoms. The van der Waals surface area contributed by atoms with Crippen LogP contribution in [0, 0.1) is 12.8 Å². The molecule has 18 heavy (non-hydrogen) atoms. The van der Waals surface area contributed by atoms with Crippen LogP contribution in [0.2, 0.25) is 0 Å². The Labute approximate surface area is 109 Å². The Balaban J connectivity index is 1.79. The zero-order chi connectivity index (χ0) is 12.5. The van der Waals surface area contributed by atoms with Crippen LogP contribution in [0.5, 0.6) is 0 Å². The van der Waals surface area contributed by atoms with Crippen LogP contribution < -0.4 is 5.32 Å². The Morgan fingerprint density at radius 2 is 1.89 bits per heavy atom. The number of aryl methyl sites for hydroxylation is 1. The molecule has 0 radical (unpaired) electrons. The maximum atomic E-state index is 4.82. The molecule has 0 saturated heterocycles. The predicted molar refractivity (Wildman–Crippen MR) is 72.3 cm³/mol. The van der Waals surface area contributed by atoms with Crippen molar-refractivity contribution in [3.8, 4) is 0 Å². The fourth-order valence-corrected chi connectivity index (χ4v) is 3.37. The lowest BCUT2D eigenvalue weighted by molar-refractivity contribution is 0.311. The van der Waals surface area contributed by atoms with E-state index in [1.54, 1.807) is 0 Å². The predicted octanol–water partition coefficient (Wildman–Crippen LogP) is 3.07. The third-order valence-electron chi connectivity index (χ3n) is 4.70. The summed E-state index contributed by atoms with van der Waals surface area (Å²) >= 11 is 0. The van der Waals surface area contributed by atoms with Gasteiger partial charge in [-0.1, -0.05) is 13.3 Å². The zero-order valence-electron chi connectivity index (χ0n) is 11.5. The Kier molecular flexibility index (Phi) is 3.33. The monoisotopic (exact) mass is 245 g/mol. The molecular weight excluding hydrogens is 222 g/mol. The number of hydrogen-bond donors (Lipinski definition) is 1. The molecule has 2 aliphatic rings. The number of aromatic nitrogens is 2. The number of rotatable bonds is 2. The molecule has 0 atom stereocenters. The molecule has 0 amide bonds. The molecule has 0 bridgehead atoms. The van der Waals surface area contributed by atoms with Crippen LogP contribution in [-0.2, 0) is 13.1 Å². The molecule has 1 aliphatic carbocycles. The molecule has 3 heteroatoms. The van der Waals surface area contributed by atoms with Gasteiger partial charge >= 0.3 is 0 Å². The summed E-state index contributed by atoms with van der Waals surface area (Å²) in [4.78, 5) is 9.58. The van der Waals surface area contributed by atoms with Gasteiger partial charge in [-0.05, 0) is 38.5 Å². The lowest BCUT2D eigenvalue weighted by Gasteiger charge is -2.27. The molecule has 1 aromatic heterocycles. The van der Waals surface area contributed by atoms with Gasteiger partial charge in [0.05, 0.1) is 5.69 Å². The van der Waals surface area contributed by atoms with Gasteiger partial charge in [-0.25, -0.2) is 9.97 Å². The highest BCUT2D eigenvalue weighted by Gasteiger charge is 2.25. The van der Waals surface area contributed by atoms with Crippen molar-refractivity contribution in [1.82, 2.24) is 15.3 Å². The third kappa shape index (κ3) is 2.16. The maximum absolute atomic E-state index is 4.82. The normalized spacial score (nSPS) is 27.2. The van der Waals surface area contributed by atoms with E-state index in [2.05, 4.69) is 19.2 Å². The first-order valence-corrected chi connectivity index (χ1v) is 7.35.